The van der Waals surface area contributed by atoms with Gasteiger partial charge in [-0.15, -0.1) is 0 Å². The fourth-order valence-electron chi connectivity index (χ4n) is 0.927. The molecule has 2 nitrogen and oxygen atoms in total. The molecule has 0 aliphatic carbocycles. The Morgan fingerprint density at radius 2 is 2.08 bits per heavy atom. The Kier molecular flexibility index (Phi) is 10.4. The van der Waals surface area contributed by atoms with E-state index in [-0.39, 0.29) is 0 Å². The van der Waals surface area contributed by atoms with Gasteiger partial charge in [-0.25, -0.2) is 0 Å². The van der Waals surface area contributed by atoms with Crippen LogP contribution in [0.25, 0.3) is 0 Å². The second-order valence-electron chi connectivity index (χ2n) is 2.84. The molecule has 72 valence electrons. The van der Waals surface area contributed by atoms with Gasteiger partial charge in [-0.3, -0.25) is 5.32 Å². The zero-order valence-electron chi connectivity index (χ0n) is 8.31. The van der Waals surface area contributed by atoms with Crippen LogP contribution in [-0.2, 0) is 4.74 Å². The molecule has 12 heavy (non-hydrogen) atoms. The van der Waals surface area contributed by atoms with Crippen molar-refractivity contribution in [3.8, 4) is 0 Å². The van der Waals surface area contributed by atoms with Crippen molar-refractivity contribution in [1.82, 2.24) is 5.32 Å². The lowest BCUT2D eigenvalue weighted by molar-refractivity contribution is 0.148. The van der Waals surface area contributed by atoms with Gasteiger partial charge in [0.15, 0.2) is 0 Å². The van der Waals surface area contributed by atoms with Crippen molar-refractivity contribution in [2.75, 3.05) is 20.4 Å². The van der Waals surface area contributed by atoms with Crippen LogP contribution in [0, 0.1) is 0 Å². The number of unbranched alkanes of at least 4 members (excludes halogenated alkanes) is 3. The van der Waals surface area contributed by atoms with Crippen molar-refractivity contribution in [2.45, 2.75) is 32.6 Å². The van der Waals surface area contributed by atoms with E-state index in [0.717, 1.165) is 6.61 Å². The van der Waals surface area contributed by atoms with Gasteiger partial charge in [0.25, 0.3) is 0 Å². The first kappa shape index (κ1) is 11.7. The van der Waals surface area contributed by atoms with Crippen molar-refractivity contribution in [3.63, 3.8) is 0 Å². The molecule has 0 aliphatic rings. The molecule has 0 aliphatic heterocycles. The van der Waals surface area contributed by atoms with E-state index in [0.29, 0.717) is 6.73 Å². The van der Waals surface area contributed by atoms with Gasteiger partial charge in [0.1, 0.15) is 0 Å². The van der Waals surface area contributed by atoms with Crippen LogP contribution in [0.3, 0.4) is 0 Å². The van der Waals surface area contributed by atoms with Crippen LogP contribution < -0.4 is 5.32 Å². The highest BCUT2D eigenvalue weighted by atomic mass is 16.5. The van der Waals surface area contributed by atoms with Gasteiger partial charge in [0, 0.05) is 0 Å². The maximum Gasteiger partial charge on any atom is 0.0967 e. The molecule has 0 saturated carbocycles. The largest absolute Gasteiger partial charge is 0.362 e. The Bertz CT molecular complexity index is 90.0. The lowest BCUT2D eigenvalue weighted by atomic mass is 10.2. The highest BCUT2D eigenvalue weighted by molar-refractivity contribution is 4.80. The smallest absolute Gasteiger partial charge is 0.0967 e. The number of rotatable bonds is 8. The molecule has 0 atom stereocenters. The van der Waals surface area contributed by atoms with Crippen molar-refractivity contribution >= 4 is 0 Å². The first-order chi connectivity index (χ1) is 5.91. The quantitative estimate of drug-likeness (QED) is 0.344. The fraction of sp³-hybridized carbons (Fsp3) is 0.800. The summed E-state index contributed by atoms with van der Waals surface area (Å²) in [4.78, 5) is 0. The molecule has 0 spiro atoms. The van der Waals surface area contributed by atoms with Crippen molar-refractivity contribution in [2.24, 2.45) is 0 Å². The van der Waals surface area contributed by atoms with Gasteiger partial charge >= 0.3 is 0 Å². The van der Waals surface area contributed by atoms with Gasteiger partial charge < -0.3 is 4.74 Å². The van der Waals surface area contributed by atoms with E-state index in [1.54, 1.807) is 0 Å². The van der Waals surface area contributed by atoms with Crippen LogP contribution in [0.15, 0.2) is 12.2 Å². The second-order valence-corrected chi connectivity index (χ2v) is 2.84. The van der Waals surface area contributed by atoms with E-state index in [2.05, 4.69) is 24.4 Å². The summed E-state index contributed by atoms with van der Waals surface area (Å²) in [6.07, 6.45) is 9.42. The molecule has 0 radical (unpaired) electrons. The third kappa shape index (κ3) is 9.66. The summed E-state index contributed by atoms with van der Waals surface area (Å²) >= 11 is 0. The van der Waals surface area contributed by atoms with E-state index >= 15 is 0 Å². The summed E-state index contributed by atoms with van der Waals surface area (Å²) in [5, 5.41) is 2.92. The summed E-state index contributed by atoms with van der Waals surface area (Å²) in [5.41, 5.74) is 0. The highest BCUT2D eigenvalue weighted by Crippen LogP contribution is 1.99. The molecule has 0 fully saturated rings. The summed E-state index contributed by atoms with van der Waals surface area (Å²) in [6, 6.07) is 0. The van der Waals surface area contributed by atoms with Gasteiger partial charge in [-0.1, -0.05) is 31.9 Å². The molecule has 0 aromatic heterocycles. The van der Waals surface area contributed by atoms with Gasteiger partial charge in [0.05, 0.1) is 13.3 Å². The Morgan fingerprint density at radius 3 is 2.75 bits per heavy atom. The standard InChI is InChI=1S/C10H21NO/c1-3-4-5-6-7-8-9-12-10-11-2/h7-8,11H,3-6,9-10H2,1-2H3/b8-7-. The maximum atomic E-state index is 5.19. The second kappa shape index (κ2) is 10.7. The summed E-state index contributed by atoms with van der Waals surface area (Å²) in [7, 11) is 1.88. The molecule has 0 aromatic carbocycles. The SMILES string of the molecule is CCCCC/C=C\COCNC. The van der Waals surface area contributed by atoms with Crippen LogP contribution >= 0.6 is 0 Å². The highest BCUT2D eigenvalue weighted by Gasteiger charge is 1.81. The molecule has 0 bridgehead atoms. The summed E-state index contributed by atoms with van der Waals surface area (Å²) < 4.78 is 5.19. The zero-order chi connectivity index (χ0) is 9.07. The maximum absolute atomic E-state index is 5.19. The molecular weight excluding hydrogens is 150 g/mol. The average Bonchev–Trinajstić information content (AvgIpc) is 2.10. The lowest BCUT2D eigenvalue weighted by Gasteiger charge is -1.97. The van der Waals surface area contributed by atoms with Gasteiger partial charge in [-0.05, 0) is 19.9 Å². The van der Waals surface area contributed by atoms with E-state index < -0.39 is 0 Å². The first-order valence-electron chi connectivity index (χ1n) is 4.79. The predicted molar refractivity (Wildman–Crippen MR) is 53.2 cm³/mol. The third-order valence-electron chi connectivity index (χ3n) is 1.60. The van der Waals surface area contributed by atoms with Crippen molar-refractivity contribution in [1.29, 1.82) is 0 Å². The van der Waals surface area contributed by atoms with E-state index in [4.69, 9.17) is 4.74 Å². The lowest BCUT2D eigenvalue weighted by Crippen LogP contribution is -2.11. The van der Waals surface area contributed by atoms with Crippen molar-refractivity contribution in [3.05, 3.63) is 12.2 Å². The zero-order valence-corrected chi connectivity index (χ0v) is 8.31. The van der Waals surface area contributed by atoms with Crippen LogP contribution in [-0.4, -0.2) is 20.4 Å². The summed E-state index contributed by atoms with van der Waals surface area (Å²) in [6.45, 7) is 3.59. The molecule has 0 unspecified atom stereocenters. The summed E-state index contributed by atoms with van der Waals surface area (Å²) in [5.74, 6) is 0. The molecule has 0 rings (SSSR count). The van der Waals surface area contributed by atoms with Gasteiger partial charge in [0.2, 0.25) is 0 Å². The first-order valence-corrected chi connectivity index (χ1v) is 4.79. The Balaban J connectivity index is 2.93. The average molecular weight is 171 g/mol. The van der Waals surface area contributed by atoms with Crippen LogP contribution in [0.4, 0.5) is 0 Å². The topological polar surface area (TPSA) is 21.3 Å². The Morgan fingerprint density at radius 1 is 1.25 bits per heavy atom. The molecule has 0 amide bonds. The Hall–Kier alpha value is -0.340. The monoisotopic (exact) mass is 171 g/mol. The number of nitrogens with one attached hydrogen (secondary N) is 1. The number of hydrogen-bond donors (Lipinski definition) is 1. The molecule has 0 saturated heterocycles. The van der Waals surface area contributed by atoms with Crippen LogP contribution in [0.2, 0.25) is 0 Å². The molecule has 0 aromatic rings. The number of allylic oxidation sites excluding steroid dienone is 1. The number of ether oxygens (including phenoxy) is 1. The predicted octanol–water partition coefficient (Wildman–Crippen LogP) is 2.32. The van der Waals surface area contributed by atoms with Crippen molar-refractivity contribution < 1.29 is 4.74 Å². The molecular formula is C10H21NO. The molecule has 2 heteroatoms. The van der Waals surface area contributed by atoms with Crippen LogP contribution in [0.1, 0.15) is 32.6 Å². The molecule has 1 N–H and O–H groups in total. The fourth-order valence-corrected chi connectivity index (χ4v) is 0.927. The minimum Gasteiger partial charge on any atom is -0.362 e. The molecule has 0 heterocycles. The minimum absolute atomic E-state index is 0.638. The van der Waals surface area contributed by atoms with E-state index in [1.807, 2.05) is 7.05 Å². The normalized spacial score (nSPS) is 11.2. The van der Waals surface area contributed by atoms with E-state index in [1.165, 1.54) is 25.7 Å². The Labute approximate surface area is 76.0 Å². The minimum atomic E-state index is 0.638. The van der Waals surface area contributed by atoms with Gasteiger partial charge in [-0.2, -0.15) is 0 Å². The number of hydrogen-bond acceptors (Lipinski definition) is 2. The van der Waals surface area contributed by atoms with E-state index in [9.17, 15) is 0 Å². The third-order valence-corrected chi connectivity index (χ3v) is 1.60. The van der Waals surface area contributed by atoms with Crippen LogP contribution in [0.5, 0.6) is 0 Å².